The predicted molar refractivity (Wildman–Crippen MR) is 133 cm³/mol. The largest absolute Gasteiger partial charge is 0.454 e. The van der Waals surface area contributed by atoms with E-state index in [1.165, 1.54) is 0 Å². The van der Waals surface area contributed by atoms with Gasteiger partial charge in [0, 0.05) is 15.2 Å². The zero-order valence-electron chi connectivity index (χ0n) is 16.8. The van der Waals surface area contributed by atoms with Crippen molar-refractivity contribution in [1.82, 2.24) is 0 Å². The van der Waals surface area contributed by atoms with Crippen LogP contribution in [0.4, 0.5) is 5.69 Å². The summed E-state index contributed by atoms with van der Waals surface area (Å²) in [4.78, 5) is 7.18. The number of thioether (sulfide) groups is 2. The third kappa shape index (κ3) is 6.64. The van der Waals surface area contributed by atoms with Crippen LogP contribution in [0.15, 0.2) is 147 Å². The molecule has 0 atom stereocenters. The zero-order valence-corrected chi connectivity index (χ0v) is 18.4. The summed E-state index contributed by atoms with van der Waals surface area (Å²) in [5, 5.41) is 2.82. The Morgan fingerprint density at radius 1 is 0.613 bits per heavy atom. The van der Waals surface area contributed by atoms with Crippen LogP contribution in [0.1, 0.15) is 0 Å². The van der Waals surface area contributed by atoms with Crippen molar-refractivity contribution in [3.8, 4) is 5.75 Å². The zero-order chi connectivity index (χ0) is 21.1. The summed E-state index contributed by atoms with van der Waals surface area (Å²) in [5.74, 6) is 1.48. The van der Waals surface area contributed by atoms with E-state index in [4.69, 9.17) is 9.73 Å². The van der Waals surface area contributed by atoms with Gasteiger partial charge in [-0.15, -0.1) is 0 Å². The van der Waals surface area contributed by atoms with Gasteiger partial charge < -0.3 is 4.74 Å². The van der Waals surface area contributed by atoms with E-state index in [1.807, 2.05) is 102 Å². The number of hydrogen-bond donors (Lipinski definition) is 0. The Kier molecular flexibility index (Phi) is 7.64. The number of aliphatic imine (C=N–C) groups is 1. The molecule has 0 amide bonds. The maximum atomic E-state index is 6.33. The Labute approximate surface area is 191 Å². The molecule has 4 aromatic carbocycles. The number of ether oxygens (including phenoxy) is 1. The fraction of sp³-hybridized carbons (Fsp3) is 0. The van der Waals surface area contributed by atoms with Crippen LogP contribution in [0.2, 0.25) is 0 Å². The summed E-state index contributed by atoms with van der Waals surface area (Å²) in [6, 6.07) is 40.3. The molecule has 0 aliphatic carbocycles. The topological polar surface area (TPSA) is 21.6 Å². The van der Waals surface area contributed by atoms with Gasteiger partial charge in [-0.05, 0) is 48.5 Å². The first-order valence-electron chi connectivity index (χ1n) is 9.88. The first-order valence-corrected chi connectivity index (χ1v) is 11.6. The lowest BCUT2D eigenvalue weighted by molar-refractivity contribution is 0.457. The van der Waals surface area contributed by atoms with Crippen LogP contribution in [-0.2, 0) is 0 Å². The Morgan fingerprint density at radius 3 is 1.74 bits per heavy atom. The summed E-state index contributed by atoms with van der Waals surface area (Å²) >= 11 is 3.21. The number of nitrogens with zero attached hydrogens (tertiary/aromatic N) is 1. The van der Waals surface area contributed by atoms with Crippen molar-refractivity contribution in [2.45, 2.75) is 9.79 Å². The van der Waals surface area contributed by atoms with Gasteiger partial charge in [-0.25, -0.2) is 4.99 Å². The van der Waals surface area contributed by atoms with Gasteiger partial charge >= 0.3 is 0 Å². The fourth-order valence-corrected chi connectivity index (χ4v) is 4.36. The Morgan fingerprint density at radius 2 is 1.13 bits per heavy atom. The molecule has 0 radical (unpaired) electrons. The highest BCUT2D eigenvalue weighted by atomic mass is 32.2. The van der Waals surface area contributed by atoms with E-state index >= 15 is 0 Å². The van der Waals surface area contributed by atoms with Crippen LogP contribution in [-0.4, -0.2) is 5.04 Å². The third-order valence-corrected chi connectivity index (χ3v) is 6.04. The molecular formula is C27H21NOS2. The summed E-state index contributed by atoms with van der Waals surface area (Å²) in [6.07, 6.45) is 0. The molecule has 0 aromatic heterocycles. The van der Waals surface area contributed by atoms with Crippen molar-refractivity contribution in [3.63, 3.8) is 0 Å². The minimum atomic E-state index is 0.706. The van der Waals surface area contributed by atoms with Gasteiger partial charge in [0.05, 0.1) is 5.69 Å². The molecule has 0 aliphatic rings. The fourth-order valence-electron chi connectivity index (χ4n) is 2.70. The van der Waals surface area contributed by atoms with E-state index in [0.29, 0.717) is 5.76 Å². The highest BCUT2D eigenvalue weighted by Gasteiger charge is 2.14. The molecule has 4 rings (SSSR count). The quantitative estimate of drug-likeness (QED) is 0.125. The van der Waals surface area contributed by atoms with Crippen molar-refractivity contribution in [2.75, 3.05) is 0 Å². The van der Waals surface area contributed by atoms with Crippen LogP contribution < -0.4 is 4.74 Å². The van der Waals surface area contributed by atoms with Gasteiger partial charge in [0.1, 0.15) is 10.8 Å². The second-order valence-corrected chi connectivity index (χ2v) is 8.50. The number of rotatable bonds is 7. The Balaban J connectivity index is 1.73. The summed E-state index contributed by atoms with van der Waals surface area (Å²) in [7, 11) is 0. The molecule has 0 saturated carbocycles. The molecule has 2 nitrogen and oxygen atoms in total. The lowest BCUT2D eigenvalue weighted by Crippen LogP contribution is -2.05. The van der Waals surface area contributed by atoms with Crippen molar-refractivity contribution >= 4 is 34.3 Å². The summed E-state index contributed by atoms with van der Waals surface area (Å²) in [5.41, 5.74) is 0.883. The molecule has 0 aliphatic heterocycles. The lowest BCUT2D eigenvalue weighted by Gasteiger charge is -2.13. The standard InChI is InChI=1S/C27H21NOS2/c1-5-13-22(14-6-1)28-27(31-25-19-11-4-12-20-25)26(29-23-15-7-2-8-16-23)21-30-24-17-9-3-10-18-24/h1-21H. The molecular weight excluding hydrogens is 418 g/mol. The van der Waals surface area contributed by atoms with Crippen LogP contribution in [0.25, 0.3) is 0 Å². The van der Waals surface area contributed by atoms with Crippen molar-refractivity contribution in [3.05, 3.63) is 132 Å². The van der Waals surface area contributed by atoms with E-state index in [1.54, 1.807) is 23.5 Å². The minimum Gasteiger partial charge on any atom is -0.454 e. The molecule has 0 fully saturated rings. The van der Waals surface area contributed by atoms with E-state index in [2.05, 4.69) is 24.3 Å². The number of para-hydroxylation sites is 2. The van der Waals surface area contributed by atoms with E-state index < -0.39 is 0 Å². The molecule has 0 saturated heterocycles. The Hall–Kier alpha value is -3.21. The van der Waals surface area contributed by atoms with E-state index in [0.717, 1.165) is 26.3 Å². The average molecular weight is 440 g/mol. The van der Waals surface area contributed by atoms with Crippen LogP contribution in [0, 0.1) is 0 Å². The van der Waals surface area contributed by atoms with Gasteiger partial charge in [-0.3, -0.25) is 0 Å². The lowest BCUT2D eigenvalue weighted by atomic mass is 10.3. The monoisotopic (exact) mass is 439 g/mol. The maximum Gasteiger partial charge on any atom is 0.166 e. The van der Waals surface area contributed by atoms with Crippen LogP contribution in [0.5, 0.6) is 5.75 Å². The number of benzene rings is 4. The molecule has 0 bridgehead atoms. The van der Waals surface area contributed by atoms with Gasteiger partial charge in [-0.2, -0.15) is 0 Å². The molecule has 4 heteroatoms. The summed E-state index contributed by atoms with van der Waals surface area (Å²) in [6.45, 7) is 0. The van der Waals surface area contributed by atoms with Crippen molar-refractivity contribution in [1.29, 1.82) is 0 Å². The second-order valence-electron chi connectivity index (χ2n) is 6.50. The van der Waals surface area contributed by atoms with Crippen LogP contribution in [0.3, 0.4) is 0 Å². The molecule has 0 unspecified atom stereocenters. The normalized spacial score (nSPS) is 11.9. The highest BCUT2D eigenvalue weighted by Crippen LogP contribution is 2.30. The second kappa shape index (κ2) is 11.3. The van der Waals surface area contributed by atoms with E-state index in [-0.39, 0.29) is 0 Å². The predicted octanol–water partition coefficient (Wildman–Crippen LogP) is 8.22. The first kappa shape index (κ1) is 21.0. The molecule has 4 aromatic rings. The highest BCUT2D eigenvalue weighted by molar-refractivity contribution is 8.14. The van der Waals surface area contributed by atoms with Gasteiger partial charge in [-0.1, -0.05) is 96.3 Å². The molecule has 152 valence electrons. The first-order chi connectivity index (χ1) is 15.4. The minimum absolute atomic E-state index is 0.706. The van der Waals surface area contributed by atoms with Gasteiger partial charge in [0.25, 0.3) is 0 Å². The van der Waals surface area contributed by atoms with Gasteiger partial charge in [0.2, 0.25) is 0 Å². The van der Waals surface area contributed by atoms with E-state index in [9.17, 15) is 0 Å². The maximum absolute atomic E-state index is 6.33. The molecule has 0 N–H and O–H groups in total. The Bertz CT molecular complexity index is 1130. The van der Waals surface area contributed by atoms with Crippen molar-refractivity contribution < 1.29 is 4.74 Å². The summed E-state index contributed by atoms with van der Waals surface area (Å²) < 4.78 is 6.33. The van der Waals surface area contributed by atoms with Gasteiger partial charge in [0.15, 0.2) is 5.76 Å². The molecule has 0 heterocycles. The number of hydrogen-bond acceptors (Lipinski definition) is 4. The third-order valence-electron chi connectivity index (χ3n) is 4.17. The molecule has 0 spiro atoms. The average Bonchev–Trinajstić information content (AvgIpc) is 2.84. The molecule has 31 heavy (non-hydrogen) atoms. The van der Waals surface area contributed by atoms with Crippen molar-refractivity contribution in [2.24, 2.45) is 4.99 Å². The SMILES string of the molecule is C(Sc1ccccc1)=C(Oc1ccccc1)C(=Nc1ccccc1)Sc1ccccc1. The smallest absolute Gasteiger partial charge is 0.166 e. The van der Waals surface area contributed by atoms with Crippen LogP contribution >= 0.6 is 23.5 Å².